The third-order valence-electron chi connectivity index (χ3n) is 3.79. The number of primary sulfonamides is 1. The van der Waals surface area contributed by atoms with E-state index >= 15 is 0 Å². The maximum absolute atomic E-state index is 11.3. The summed E-state index contributed by atoms with van der Waals surface area (Å²) < 4.78 is 34.4. The molecule has 0 amide bonds. The molecule has 0 aliphatic carbocycles. The molecule has 0 heterocycles. The normalized spacial score (nSPS) is 11.4. The lowest BCUT2D eigenvalue weighted by Crippen LogP contribution is -2.17. The molecule has 0 saturated heterocycles. The molecule has 26 heavy (non-hydrogen) atoms. The molecule has 0 radical (unpaired) electrons. The highest BCUT2D eigenvalue weighted by atomic mass is 79.9. The highest BCUT2D eigenvalue weighted by molar-refractivity contribution is 9.10. The van der Waals surface area contributed by atoms with Crippen molar-refractivity contribution in [2.45, 2.75) is 24.8 Å². The lowest BCUT2D eigenvalue weighted by Gasteiger charge is -2.13. The summed E-state index contributed by atoms with van der Waals surface area (Å²) in [5, 5.41) is 8.47. The van der Waals surface area contributed by atoms with Crippen molar-refractivity contribution in [2.24, 2.45) is 5.14 Å². The summed E-state index contributed by atoms with van der Waals surface area (Å²) in [6, 6.07) is 10.5. The minimum Gasteiger partial charge on any atom is -0.493 e. The van der Waals surface area contributed by atoms with Crippen molar-refractivity contribution in [1.82, 2.24) is 5.32 Å². The molecule has 8 heteroatoms. The smallest absolute Gasteiger partial charge is 0.238 e. The molecule has 0 fully saturated rings. The Kier molecular flexibility index (Phi) is 7.45. The molecule has 6 nitrogen and oxygen atoms in total. The van der Waals surface area contributed by atoms with Crippen LogP contribution in [0.15, 0.2) is 45.8 Å². The molecule has 3 N–H and O–H groups in total. The van der Waals surface area contributed by atoms with Gasteiger partial charge in [-0.15, -0.1) is 0 Å². The molecule has 0 unspecified atom stereocenters. The van der Waals surface area contributed by atoms with Crippen LogP contribution in [0, 0.1) is 0 Å². The zero-order valence-electron chi connectivity index (χ0n) is 14.8. The predicted molar refractivity (Wildman–Crippen MR) is 105 cm³/mol. The van der Waals surface area contributed by atoms with E-state index in [1.165, 1.54) is 12.1 Å². The number of sulfonamides is 1. The van der Waals surface area contributed by atoms with Crippen molar-refractivity contribution in [3.05, 3.63) is 52.0 Å². The topological polar surface area (TPSA) is 90.6 Å². The molecule has 142 valence electrons. The average molecular weight is 443 g/mol. The second-order valence-corrected chi connectivity index (χ2v) is 8.06. The summed E-state index contributed by atoms with van der Waals surface area (Å²) in [7, 11) is -2.03. The van der Waals surface area contributed by atoms with E-state index < -0.39 is 10.0 Å². The van der Waals surface area contributed by atoms with Crippen LogP contribution in [0.4, 0.5) is 0 Å². The summed E-state index contributed by atoms with van der Waals surface area (Å²) in [5.41, 5.74) is 2.10. The fraction of sp³-hybridized carbons (Fsp3) is 0.333. The van der Waals surface area contributed by atoms with Gasteiger partial charge in [0.25, 0.3) is 0 Å². The molecule has 0 aliphatic rings. The minimum absolute atomic E-state index is 0.125. The first-order chi connectivity index (χ1) is 12.3. The number of halogens is 1. The second-order valence-electron chi connectivity index (χ2n) is 5.64. The van der Waals surface area contributed by atoms with Crippen LogP contribution in [-0.2, 0) is 23.0 Å². The first-order valence-corrected chi connectivity index (χ1v) is 10.5. The van der Waals surface area contributed by atoms with Crippen LogP contribution >= 0.6 is 15.9 Å². The van der Waals surface area contributed by atoms with Crippen LogP contribution in [0.5, 0.6) is 11.5 Å². The van der Waals surface area contributed by atoms with E-state index in [0.717, 1.165) is 28.6 Å². The van der Waals surface area contributed by atoms with Crippen LogP contribution in [-0.4, -0.2) is 28.7 Å². The average Bonchev–Trinajstić information content (AvgIpc) is 2.60. The third kappa shape index (κ3) is 5.70. The largest absolute Gasteiger partial charge is 0.493 e. The first-order valence-electron chi connectivity index (χ1n) is 8.16. The molecule has 0 aromatic heterocycles. The van der Waals surface area contributed by atoms with Gasteiger partial charge in [0.15, 0.2) is 11.5 Å². The molecule has 2 rings (SSSR count). The van der Waals surface area contributed by atoms with Gasteiger partial charge in [-0.1, -0.05) is 28.1 Å². The van der Waals surface area contributed by atoms with Gasteiger partial charge < -0.3 is 14.8 Å². The van der Waals surface area contributed by atoms with E-state index in [0.29, 0.717) is 24.7 Å². The lowest BCUT2D eigenvalue weighted by atomic mass is 10.1. The second kappa shape index (κ2) is 9.36. The van der Waals surface area contributed by atoms with Crippen LogP contribution in [0.3, 0.4) is 0 Å². The SMILES string of the molecule is CCOc1cc(CNCCc2ccc(S(N)(=O)=O)cc2)c(Br)cc1OC. The van der Waals surface area contributed by atoms with Crippen LogP contribution in [0.25, 0.3) is 0 Å². The minimum atomic E-state index is -3.64. The standard InChI is InChI=1S/C18H23BrN2O4S/c1-3-25-18-10-14(16(19)11-17(18)24-2)12-21-9-8-13-4-6-15(7-5-13)26(20,22)23/h4-7,10-11,21H,3,8-9,12H2,1-2H3,(H2,20,22,23). The maximum Gasteiger partial charge on any atom is 0.238 e. The zero-order chi connectivity index (χ0) is 19.2. The fourth-order valence-electron chi connectivity index (χ4n) is 2.44. The van der Waals surface area contributed by atoms with Gasteiger partial charge in [0.05, 0.1) is 18.6 Å². The Labute approximate surface area is 162 Å². The Bertz CT molecular complexity index is 839. The van der Waals surface area contributed by atoms with Crippen molar-refractivity contribution in [2.75, 3.05) is 20.3 Å². The van der Waals surface area contributed by atoms with E-state index in [2.05, 4.69) is 21.2 Å². The van der Waals surface area contributed by atoms with Gasteiger partial charge in [0.2, 0.25) is 10.0 Å². The van der Waals surface area contributed by atoms with E-state index in [9.17, 15) is 8.42 Å². The molecule has 0 aliphatic heterocycles. The van der Waals surface area contributed by atoms with Gasteiger partial charge in [-0.2, -0.15) is 0 Å². The number of nitrogens with two attached hydrogens (primary N) is 1. The fourth-order valence-corrected chi connectivity index (χ4v) is 3.42. The van der Waals surface area contributed by atoms with Crippen molar-refractivity contribution in [1.29, 1.82) is 0 Å². The Morgan fingerprint density at radius 3 is 2.42 bits per heavy atom. The number of hydrogen-bond donors (Lipinski definition) is 2. The Balaban J connectivity index is 1.92. The van der Waals surface area contributed by atoms with Crippen LogP contribution in [0.2, 0.25) is 0 Å². The molecule has 0 atom stereocenters. The van der Waals surface area contributed by atoms with E-state index in [1.54, 1.807) is 19.2 Å². The van der Waals surface area contributed by atoms with Gasteiger partial charge in [0.1, 0.15) is 0 Å². The summed E-state index contributed by atoms with van der Waals surface area (Å²) in [4.78, 5) is 0.125. The summed E-state index contributed by atoms with van der Waals surface area (Å²) in [5.74, 6) is 1.41. The zero-order valence-corrected chi connectivity index (χ0v) is 17.2. The quantitative estimate of drug-likeness (QED) is 0.582. The van der Waals surface area contributed by atoms with Crippen molar-refractivity contribution in [3.63, 3.8) is 0 Å². The maximum atomic E-state index is 11.3. The number of hydrogen-bond acceptors (Lipinski definition) is 5. The van der Waals surface area contributed by atoms with Gasteiger partial charge in [0, 0.05) is 11.0 Å². The van der Waals surface area contributed by atoms with E-state index in [4.69, 9.17) is 14.6 Å². The molecule has 2 aromatic carbocycles. The van der Waals surface area contributed by atoms with Crippen LogP contribution < -0.4 is 19.9 Å². The van der Waals surface area contributed by atoms with Gasteiger partial charge >= 0.3 is 0 Å². The van der Waals surface area contributed by atoms with E-state index in [1.807, 2.05) is 19.1 Å². The molecule has 0 saturated carbocycles. The summed E-state index contributed by atoms with van der Waals surface area (Å²) in [6.07, 6.45) is 0.775. The van der Waals surface area contributed by atoms with E-state index in [-0.39, 0.29) is 4.90 Å². The lowest BCUT2D eigenvalue weighted by molar-refractivity contribution is 0.310. The van der Waals surface area contributed by atoms with Gasteiger partial charge in [-0.05, 0) is 55.3 Å². The molecule has 0 bridgehead atoms. The molecular weight excluding hydrogens is 420 g/mol. The molecule has 2 aromatic rings. The highest BCUT2D eigenvalue weighted by Gasteiger charge is 2.10. The van der Waals surface area contributed by atoms with Gasteiger partial charge in [-0.25, -0.2) is 13.6 Å². The summed E-state index contributed by atoms with van der Waals surface area (Å²) >= 11 is 3.55. The van der Waals surface area contributed by atoms with Crippen LogP contribution in [0.1, 0.15) is 18.1 Å². The Morgan fingerprint density at radius 2 is 1.85 bits per heavy atom. The number of rotatable bonds is 9. The Morgan fingerprint density at radius 1 is 1.15 bits per heavy atom. The third-order valence-corrected chi connectivity index (χ3v) is 5.46. The predicted octanol–water partition coefficient (Wildman–Crippen LogP) is 2.84. The van der Waals surface area contributed by atoms with Crippen molar-refractivity contribution >= 4 is 26.0 Å². The molecule has 0 spiro atoms. The molecular formula is C18H23BrN2O4S. The number of ether oxygens (including phenoxy) is 2. The number of nitrogens with one attached hydrogen (secondary N) is 1. The van der Waals surface area contributed by atoms with Crippen molar-refractivity contribution in [3.8, 4) is 11.5 Å². The highest BCUT2D eigenvalue weighted by Crippen LogP contribution is 2.33. The summed E-state index contributed by atoms with van der Waals surface area (Å²) in [6.45, 7) is 3.91. The number of methoxy groups -OCH3 is 1. The van der Waals surface area contributed by atoms with Gasteiger partial charge in [-0.3, -0.25) is 0 Å². The monoisotopic (exact) mass is 442 g/mol. The Hall–Kier alpha value is -1.61. The number of benzene rings is 2. The first kappa shape index (κ1) is 20.7. The van der Waals surface area contributed by atoms with Crippen molar-refractivity contribution < 1.29 is 17.9 Å².